The van der Waals surface area contributed by atoms with Crippen LogP contribution in [0.15, 0.2) is 24.3 Å². The minimum Gasteiger partial charge on any atom is -0.0753 e. The molecular weight excluding hydrogens is 175 g/mol. The summed E-state index contributed by atoms with van der Waals surface area (Å²) in [5.74, 6) is 0. The normalized spacial score (nSPS) is 10.7. The van der Waals surface area contributed by atoms with Crippen LogP contribution in [0.3, 0.4) is 0 Å². The summed E-state index contributed by atoms with van der Waals surface area (Å²) in [6.45, 7) is 4.56. The summed E-state index contributed by atoms with van der Waals surface area (Å²) in [6, 6.07) is 11.6. The van der Waals surface area contributed by atoms with Crippen molar-refractivity contribution in [3.63, 3.8) is 0 Å². The fourth-order valence-corrected chi connectivity index (χ4v) is 3.89. The standard InChI is InChI=1S/C12H18P/c1-3-10-13(11-4-2)12-8-6-5-7-9-12/h6-9H,3-4,10-11H2,1-2H3. The lowest BCUT2D eigenvalue weighted by Crippen LogP contribution is -2.04. The highest BCUT2D eigenvalue weighted by molar-refractivity contribution is 7.65. The molecule has 0 saturated carbocycles. The molecule has 0 fully saturated rings. The van der Waals surface area contributed by atoms with Gasteiger partial charge in [-0.3, -0.25) is 0 Å². The molecule has 0 aliphatic carbocycles. The van der Waals surface area contributed by atoms with Crippen LogP contribution in [0.25, 0.3) is 0 Å². The van der Waals surface area contributed by atoms with Crippen LogP contribution >= 0.6 is 7.92 Å². The van der Waals surface area contributed by atoms with E-state index < -0.39 is 0 Å². The predicted molar refractivity (Wildman–Crippen MR) is 62.1 cm³/mol. The molecule has 0 atom stereocenters. The van der Waals surface area contributed by atoms with Gasteiger partial charge in [-0.15, -0.1) is 0 Å². The van der Waals surface area contributed by atoms with Gasteiger partial charge in [0, 0.05) is 0 Å². The lowest BCUT2D eigenvalue weighted by molar-refractivity contribution is 1.06. The van der Waals surface area contributed by atoms with Gasteiger partial charge in [0.2, 0.25) is 0 Å². The predicted octanol–water partition coefficient (Wildman–Crippen LogP) is 3.41. The Hall–Kier alpha value is -0.350. The lowest BCUT2D eigenvalue weighted by atomic mass is 10.4. The smallest absolute Gasteiger partial charge is 0.0184 e. The molecule has 0 saturated heterocycles. The van der Waals surface area contributed by atoms with E-state index in [9.17, 15) is 0 Å². The molecule has 0 aromatic heterocycles. The van der Waals surface area contributed by atoms with Gasteiger partial charge >= 0.3 is 0 Å². The molecule has 0 N–H and O–H groups in total. The summed E-state index contributed by atoms with van der Waals surface area (Å²) in [7, 11) is 0.124. The molecule has 1 aromatic carbocycles. The van der Waals surface area contributed by atoms with Gasteiger partial charge in [0.1, 0.15) is 0 Å². The van der Waals surface area contributed by atoms with E-state index >= 15 is 0 Å². The zero-order valence-corrected chi connectivity index (χ0v) is 9.48. The fraction of sp³-hybridized carbons (Fsp3) is 0.500. The molecule has 0 spiro atoms. The average molecular weight is 193 g/mol. The Balaban J connectivity index is 2.64. The van der Waals surface area contributed by atoms with E-state index in [4.69, 9.17) is 0 Å². The molecule has 13 heavy (non-hydrogen) atoms. The SMILES string of the molecule is CCCP(CCC)c1cc[c]cc1. The van der Waals surface area contributed by atoms with Crippen molar-refractivity contribution in [3.8, 4) is 0 Å². The van der Waals surface area contributed by atoms with E-state index in [-0.39, 0.29) is 7.92 Å². The molecule has 1 heteroatoms. The zero-order valence-electron chi connectivity index (χ0n) is 8.59. The van der Waals surface area contributed by atoms with Crippen LogP contribution in [0.2, 0.25) is 0 Å². The third-order valence-corrected chi connectivity index (χ3v) is 5.06. The van der Waals surface area contributed by atoms with Gasteiger partial charge in [0.05, 0.1) is 0 Å². The van der Waals surface area contributed by atoms with Crippen molar-refractivity contribution in [2.45, 2.75) is 26.7 Å². The zero-order chi connectivity index (χ0) is 9.52. The maximum atomic E-state index is 3.08. The van der Waals surface area contributed by atoms with E-state index in [1.165, 1.54) is 25.2 Å². The minimum absolute atomic E-state index is 0.124. The minimum atomic E-state index is 0.124. The van der Waals surface area contributed by atoms with E-state index in [2.05, 4.69) is 32.0 Å². The van der Waals surface area contributed by atoms with Crippen molar-refractivity contribution in [3.05, 3.63) is 30.3 Å². The van der Waals surface area contributed by atoms with Crippen LogP contribution in [0.4, 0.5) is 0 Å². The van der Waals surface area contributed by atoms with Gasteiger partial charge < -0.3 is 0 Å². The average Bonchev–Trinajstić information content (AvgIpc) is 2.19. The Morgan fingerprint density at radius 3 is 2.08 bits per heavy atom. The van der Waals surface area contributed by atoms with Crippen LogP contribution in [0.1, 0.15) is 26.7 Å². The van der Waals surface area contributed by atoms with Gasteiger partial charge in [-0.05, 0) is 23.7 Å². The first-order valence-corrected chi connectivity index (χ1v) is 6.80. The second kappa shape index (κ2) is 6.16. The van der Waals surface area contributed by atoms with E-state index in [1.807, 2.05) is 12.1 Å². The first kappa shape index (κ1) is 10.7. The first-order chi connectivity index (χ1) is 6.38. The van der Waals surface area contributed by atoms with Crippen LogP contribution < -0.4 is 5.30 Å². The Kier molecular flexibility index (Phi) is 5.08. The van der Waals surface area contributed by atoms with E-state index in [1.54, 1.807) is 5.30 Å². The summed E-state index contributed by atoms with van der Waals surface area (Å²) in [5, 5.41) is 1.55. The molecule has 0 aliphatic rings. The maximum absolute atomic E-state index is 3.08. The molecule has 1 aromatic rings. The summed E-state index contributed by atoms with van der Waals surface area (Å²) in [6.07, 6.45) is 5.38. The van der Waals surface area contributed by atoms with Crippen molar-refractivity contribution < 1.29 is 0 Å². The second-order valence-electron chi connectivity index (χ2n) is 3.25. The first-order valence-electron chi connectivity index (χ1n) is 5.09. The van der Waals surface area contributed by atoms with E-state index in [0.29, 0.717) is 0 Å². The topological polar surface area (TPSA) is 0 Å². The molecule has 1 radical (unpaired) electrons. The molecule has 0 amide bonds. The third-order valence-electron chi connectivity index (χ3n) is 2.05. The number of benzene rings is 1. The Bertz CT molecular complexity index is 212. The van der Waals surface area contributed by atoms with Crippen LogP contribution in [-0.4, -0.2) is 12.3 Å². The quantitative estimate of drug-likeness (QED) is 0.628. The van der Waals surface area contributed by atoms with Crippen LogP contribution in [-0.2, 0) is 0 Å². The Morgan fingerprint density at radius 2 is 1.62 bits per heavy atom. The molecule has 0 heterocycles. The second-order valence-corrected chi connectivity index (χ2v) is 5.74. The summed E-state index contributed by atoms with van der Waals surface area (Å²) in [4.78, 5) is 0. The number of rotatable bonds is 5. The van der Waals surface area contributed by atoms with E-state index in [0.717, 1.165) is 0 Å². The molecule has 0 aliphatic heterocycles. The molecule has 71 valence electrons. The number of hydrogen-bond donors (Lipinski definition) is 0. The summed E-state index contributed by atoms with van der Waals surface area (Å²) < 4.78 is 0. The molecular formula is C12H18P. The summed E-state index contributed by atoms with van der Waals surface area (Å²) in [5.41, 5.74) is 0. The monoisotopic (exact) mass is 193 g/mol. The maximum Gasteiger partial charge on any atom is -0.0184 e. The highest BCUT2D eigenvalue weighted by atomic mass is 31.1. The lowest BCUT2D eigenvalue weighted by Gasteiger charge is -2.15. The van der Waals surface area contributed by atoms with Crippen LogP contribution in [0, 0.1) is 6.07 Å². The van der Waals surface area contributed by atoms with Crippen LogP contribution in [0.5, 0.6) is 0 Å². The fourth-order valence-electron chi connectivity index (χ4n) is 1.50. The van der Waals surface area contributed by atoms with Crippen molar-refractivity contribution in [1.82, 2.24) is 0 Å². The molecule has 1 rings (SSSR count). The van der Waals surface area contributed by atoms with Crippen molar-refractivity contribution in [2.75, 3.05) is 12.3 Å². The highest BCUT2D eigenvalue weighted by Gasteiger charge is 2.07. The molecule has 0 bridgehead atoms. The summed E-state index contributed by atoms with van der Waals surface area (Å²) >= 11 is 0. The van der Waals surface area contributed by atoms with Gasteiger partial charge in [-0.25, -0.2) is 0 Å². The van der Waals surface area contributed by atoms with Gasteiger partial charge in [-0.2, -0.15) is 0 Å². The van der Waals surface area contributed by atoms with Gasteiger partial charge in [0.15, 0.2) is 0 Å². The third kappa shape index (κ3) is 3.48. The van der Waals surface area contributed by atoms with Crippen molar-refractivity contribution >= 4 is 13.2 Å². The molecule has 0 nitrogen and oxygen atoms in total. The van der Waals surface area contributed by atoms with Crippen molar-refractivity contribution in [2.24, 2.45) is 0 Å². The largest absolute Gasteiger partial charge is 0.0753 e. The van der Waals surface area contributed by atoms with Crippen molar-refractivity contribution in [1.29, 1.82) is 0 Å². The Labute approximate surface area is 83.1 Å². The molecule has 0 unspecified atom stereocenters. The highest BCUT2D eigenvalue weighted by Crippen LogP contribution is 2.35. The van der Waals surface area contributed by atoms with Gasteiger partial charge in [-0.1, -0.05) is 58.9 Å². The Morgan fingerprint density at radius 1 is 1.08 bits per heavy atom. The van der Waals surface area contributed by atoms with Gasteiger partial charge in [0.25, 0.3) is 0 Å². The number of hydrogen-bond acceptors (Lipinski definition) is 0.